The van der Waals surface area contributed by atoms with Crippen molar-refractivity contribution >= 4 is 5.69 Å². The summed E-state index contributed by atoms with van der Waals surface area (Å²) >= 11 is 0. The predicted molar refractivity (Wildman–Crippen MR) is 118 cm³/mol. The van der Waals surface area contributed by atoms with Crippen molar-refractivity contribution in [2.45, 2.75) is 94.7 Å². The molecule has 0 unspecified atom stereocenters. The van der Waals surface area contributed by atoms with Gasteiger partial charge < -0.3 is 14.5 Å². The lowest BCUT2D eigenvalue weighted by Crippen LogP contribution is -2.59. The van der Waals surface area contributed by atoms with E-state index in [1.165, 1.54) is 89.4 Å². The zero-order chi connectivity index (χ0) is 19.2. The summed E-state index contributed by atoms with van der Waals surface area (Å²) in [5.41, 5.74) is 1.58. The zero-order valence-electron chi connectivity index (χ0n) is 18.0. The van der Waals surface area contributed by atoms with Crippen molar-refractivity contribution in [3.05, 3.63) is 30.3 Å². The van der Waals surface area contributed by atoms with Crippen LogP contribution in [-0.2, 0) is 4.74 Å². The normalized spacial score (nSPS) is 27.9. The standard InChI is InChI=1S/C25H40N2O/c1-28-24-16-19-27(23-14-10-7-11-15-23)25(24)17-20-26(21-18-25)22-12-8-5-3-2-4-6-9-13-22/h7,10-11,14-15,22,24H,2-6,8-9,12-13,16-21H2,1H3/t24-/m0/s1. The summed E-state index contributed by atoms with van der Waals surface area (Å²) in [6, 6.07) is 11.9. The molecule has 3 fully saturated rings. The summed E-state index contributed by atoms with van der Waals surface area (Å²) in [5.74, 6) is 0. The Morgan fingerprint density at radius 2 is 1.39 bits per heavy atom. The molecule has 0 bridgehead atoms. The zero-order valence-corrected chi connectivity index (χ0v) is 18.0. The molecule has 3 heteroatoms. The van der Waals surface area contributed by atoms with Crippen LogP contribution in [0.3, 0.4) is 0 Å². The fourth-order valence-corrected chi connectivity index (χ4v) is 6.26. The van der Waals surface area contributed by atoms with Crippen LogP contribution >= 0.6 is 0 Å². The number of rotatable bonds is 3. The first-order chi connectivity index (χ1) is 13.8. The highest BCUT2D eigenvalue weighted by Crippen LogP contribution is 2.43. The van der Waals surface area contributed by atoms with E-state index in [0.29, 0.717) is 6.10 Å². The maximum absolute atomic E-state index is 6.04. The van der Waals surface area contributed by atoms with E-state index in [0.717, 1.165) is 19.0 Å². The minimum absolute atomic E-state index is 0.197. The van der Waals surface area contributed by atoms with Crippen LogP contribution in [0.15, 0.2) is 30.3 Å². The van der Waals surface area contributed by atoms with Crippen molar-refractivity contribution in [1.29, 1.82) is 0 Å². The molecule has 0 radical (unpaired) electrons. The third-order valence-electron chi connectivity index (χ3n) is 7.86. The number of likely N-dealkylation sites (tertiary alicyclic amines) is 1. The molecule has 4 rings (SSSR count). The van der Waals surface area contributed by atoms with Crippen LogP contribution in [0.1, 0.15) is 77.0 Å². The van der Waals surface area contributed by atoms with Gasteiger partial charge in [0.2, 0.25) is 0 Å². The number of nitrogens with zero attached hydrogens (tertiary/aromatic N) is 2. The maximum atomic E-state index is 6.04. The quantitative estimate of drug-likeness (QED) is 0.671. The number of benzene rings is 1. The van der Waals surface area contributed by atoms with E-state index in [9.17, 15) is 0 Å². The monoisotopic (exact) mass is 384 g/mol. The molecule has 2 saturated heterocycles. The predicted octanol–water partition coefficient (Wildman–Crippen LogP) is 5.64. The van der Waals surface area contributed by atoms with Gasteiger partial charge in [-0.05, 0) is 44.2 Å². The van der Waals surface area contributed by atoms with Gasteiger partial charge in [0.05, 0.1) is 11.6 Å². The third kappa shape index (κ3) is 4.26. The van der Waals surface area contributed by atoms with Gasteiger partial charge in [0, 0.05) is 38.5 Å². The van der Waals surface area contributed by atoms with Gasteiger partial charge in [-0.1, -0.05) is 63.1 Å². The van der Waals surface area contributed by atoms with Crippen LogP contribution < -0.4 is 4.90 Å². The molecule has 1 atom stereocenters. The third-order valence-corrected chi connectivity index (χ3v) is 7.86. The summed E-state index contributed by atoms with van der Waals surface area (Å²) in [5, 5.41) is 0. The Morgan fingerprint density at radius 3 is 2.00 bits per heavy atom. The minimum Gasteiger partial charge on any atom is -0.379 e. The highest BCUT2D eigenvalue weighted by atomic mass is 16.5. The van der Waals surface area contributed by atoms with Gasteiger partial charge in [-0.2, -0.15) is 0 Å². The number of para-hydroxylation sites is 1. The van der Waals surface area contributed by atoms with E-state index in [1.807, 2.05) is 7.11 Å². The average Bonchev–Trinajstić information content (AvgIpc) is 3.10. The van der Waals surface area contributed by atoms with E-state index < -0.39 is 0 Å². The van der Waals surface area contributed by atoms with E-state index in [-0.39, 0.29) is 5.54 Å². The number of anilines is 1. The molecule has 0 aromatic heterocycles. The van der Waals surface area contributed by atoms with Gasteiger partial charge in [0.15, 0.2) is 0 Å². The highest BCUT2D eigenvalue weighted by molar-refractivity contribution is 5.51. The second-order valence-electron chi connectivity index (χ2n) is 9.35. The van der Waals surface area contributed by atoms with E-state index in [1.54, 1.807) is 0 Å². The topological polar surface area (TPSA) is 15.7 Å². The number of piperidine rings is 1. The molecule has 1 spiro atoms. The van der Waals surface area contributed by atoms with Gasteiger partial charge in [0.25, 0.3) is 0 Å². The average molecular weight is 385 g/mol. The molecule has 3 aliphatic rings. The Morgan fingerprint density at radius 1 is 0.786 bits per heavy atom. The number of hydrogen-bond donors (Lipinski definition) is 0. The Labute approximate surface area is 172 Å². The fraction of sp³-hybridized carbons (Fsp3) is 0.760. The first kappa shape index (κ1) is 20.2. The van der Waals surface area contributed by atoms with Crippen molar-refractivity contribution < 1.29 is 4.74 Å². The number of hydrogen-bond acceptors (Lipinski definition) is 3. The summed E-state index contributed by atoms with van der Waals surface area (Å²) < 4.78 is 6.04. The van der Waals surface area contributed by atoms with Crippen LogP contribution in [-0.4, -0.2) is 49.3 Å². The van der Waals surface area contributed by atoms with Gasteiger partial charge in [-0.25, -0.2) is 0 Å². The molecular weight excluding hydrogens is 344 g/mol. The lowest BCUT2D eigenvalue weighted by atomic mass is 9.81. The molecule has 28 heavy (non-hydrogen) atoms. The largest absolute Gasteiger partial charge is 0.379 e. The first-order valence-electron chi connectivity index (χ1n) is 11.9. The lowest BCUT2D eigenvalue weighted by Gasteiger charge is -2.50. The Hall–Kier alpha value is -1.06. The van der Waals surface area contributed by atoms with Crippen molar-refractivity contribution in [2.24, 2.45) is 0 Å². The molecule has 3 nitrogen and oxygen atoms in total. The summed E-state index contributed by atoms with van der Waals surface area (Å²) in [7, 11) is 1.93. The molecule has 2 heterocycles. The second-order valence-corrected chi connectivity index (χ2v) is 9.35. The van der Waals surface area contributed by atoms with Crippen LogP contribution in [0.5, 0.6) is 0 Å². The Balaban J connectivity index is 1.44. The number of ether oxygens (including phenoxy) is 1. The molecule has 1 saturated carbocycles. The Kier molecular flexibility index (Phi) is 6.95. The highest BCUT2D eigenvalue weighted by Gasteiger charge is 2.51. The molecule has 156 valence electrons. The summed E-state index contributed by atoms with van der Waals surface area (Å²) in [6.07, 6.45) is 17.0. The van der Waals surface area contributed by atoms with Crippen LogP contribution in [0.2, 0.25) is 0 Å². The summed E-state index contributed by atoms with van der Waals surface area (Å²) in [6.45, 7) is 3.62. The van der Waals surface area contributed by atoms with Gasteiger partial charge in [-0.3, -0.25) is 0 Å². The molecule has 1 aliphatic carbocycles. The van der Waals surface area contributed by atoms with Crippen molar-refractivity contribution in [1.82, 2.24) is 4.90 Å². The molecule has 0 N–H and O–H groups in total. The van der Waals surface area contributed by atoms with Gasteiger partial charge in [-0.15, -0.1) is 0 Å². The van der Waals surface area contributed by atoms with Crippen molar-refractivity contribution in [3.8, 4) is 0 Å². The van der Waals surface area contributed by atoms with E-state index in [4.69, 9.17) is 4.74 Å². The van der Waals surface area contributed by atoms with Gasteiger partial charge in [0.1, 0.15) is 0 Å². The van der Waals surface area contributed by atoms with Crippen LogP contribution in [0.25, 0.3) is 0 Å². The van der Waals surface area contributed by atoms with E-state index >= 15 is 0 Å². The fourth-order valence-electron chi connectivity index (χ4n) is 6.26. The van der Waals surface area contributed by atoms with Crippen LogP contribution in [0, 0.1) is 0 Å². The van der Waals surface area contributed by atoms with Crippen molar-refractivity contribution in [2.75, 3.05) is 31.6 Å². The smallest absolute Gasteiger partial charge is 0.0820 e. The van der Waals surface area contributed by atoms with Crippen molar-refractivity contribution in [3.63, 3.8) is 0 Å². The van der Waals surface area contributed by atoms with E-state index in [2.05, 4.69) is 40.1 Å². The molecule has 1 aromatic rings. The van der Waals surface area contributed by atoms with Gasteiger partial charge >= 0.3 is 0 Å². The Bertz CT molecular complexity index is 571. The minimum atomic E-state index is 0.197. The number of methoxy groups -OCH3 is 1. The molecular formula is C25H40N2O. The SMILES string of the molecule is CO[C@H]1CCN(c2ccccc2)C12CCN(C1CCCCCCCCC1)CC2. The first-order valence-corrected chi connectivity index (χ1v) is 11.9. The lowest BCUT2D eigenvalue weighted by molar-refractivity contribution is 0.00977. The molecule has 1 aromatic carbocycles. The molecule has 0 amide bonds. The molecule has 2 aliphatic heterocycles. The van der Waals surface area contributed by atoms with Crippen LogP contribution in [0.4, 0.5) is 5.69 Å². The summed E-state index contributed by atoms with van der Waals surface area (Å²) in [4.78, 5) is 5.53. The maximum Gasteiger partial charge on any atom is 0.0820 e. The second kappa shape index (κ2) is 9.63.